The standard InChI is InChI=1S/C35H42N6O5/c1-4-19-38(23-25-13-8-7-9-14-25)31(43)28-29-32(44)40(21-12-22-42)30(35(29)18-17-34(28,6-3)46-35)33(45)39(20-5-2)24-41-27-16-11-10-15-26(27)36-37-41/h4-5,7-11,13-16,28-30,42H,1-2,6,12,17-24H2,3H3/t28-,29-,30?,34+,35?/m0/s1. The van der Waals surface area contributed by atoms with Crippen molar-refractivity contribution in [2.24, 2.45) is 11.8 Å². The van der Waals surface area contributed by atoms with Gasteiger partial charge in [0, 0.05) is 32.8 Å². The van der Waals surface area contributed by atoms with E-state index in [4.69, 9.17) is 4.74 Å². The van der Waals surface area contributed by atoms with Gasteiger partial charge in [0.25, 0.3) is 0 Å². The van der Waals surface area contributed by atoms with Gasteiger partial charge in [-0.1, -0.05) is 66.8 Å². The first-order chi connectivity index (χ1) is 22.3. The lowest BCUT2D eigenvalue weighted by Gasteiger charge is -2.37. The van der Waals surface area contributed by atoms with Gasteiger partial charge in [-0.15, -0.1) is 18.3 Å². The van der Waals surface area contributed by atoms with Gasteiger partial charge >= 0.3 is 0 Å². The molecule has 3 aliphatic heterocycles. The van der Waals surface area contributed by atoms with Crippen molar-refractivity contribution >= 4 is 28.8 Å². The van der Waals surface area contributed by atoms with E-state index in [0.29, 0.717) is 44.3 Å². The van der Waals surface area contributed by atoms with Crippen LogP contribution in [0.4, 0.5) is 0 Å². The zero-order valence-corrected chi connectivity index (χ0v) is 26.3. The van der Waals surface area contributed by atoms with Crippen molar-refractivity contribution in [2.75, 3.05) is 26.2 Å². The molecule has 4 heterocycles. The van der Waals surface area contributed by atoms with Crippen LogP contribution < -0.4 is 0 Å². The SMILES string of the molecule is C=CCN(Cn1nnc2ccccc21)C(=O)C1N(CCCO)C(=O)[C@@H]2[C@@H](C(=O)N(CC=C)Cc3ccccc3)[C@@]3(CC)CCC12O3. The van der Waals surface area contributed by atoms with Crippen molar-refractivity contribution in [2.45, 2.75) is 63.1 Å². The predicted octanol–water partition coefficient (Wildman–Crippen LogP) is 3.16. The van der Waals surface area contributed by atoms with E-state index in [-0.39, 0.29) is 44.1 Å². The van der Waals surface area contributed by atoms with Crippen molar-refractivity contribution in [1.82, 2.24) is 29.7 Å². The second-order valence-corrected chi connectivity index (χ2v) is 12.5. The average Bonchev–Trinajstić information content (AvgIpc) is 3.80. The number of rotatable bonds is 14. The molecule has 1 spiro atoms. The Labute approximate surface area is 269 Å². The van der Waals surface area contributed by atoms with Crippen LogP contribution in [0.5, 0.6) is 0 Å². The van der Waals surface area contributed by atoms with Gasteiger partial charge in [0.2, 0.25) is 17.7 Å². The number of likely N-dealkylation sites (tertiary alicyclic amines) is 1. The summed E-state index contributed by atoms with van der Waals surface area (Å²) < 4.78 is 8.63. The van der Waals surface area contributed by atoms with E-state index < -0.39 is 29.1 Å². The van der Waals surface area contributed by atoms with E-state index in [1.807, 2.05) is 61.5 Å². The summed E-state index contributed by atoms with van der Waals surface area (Å²) in [6.07, 6.45) is 5.19. The first-order valence-electron chi connectivity index (χ1n) is 16.1. The fourth-order valence-corrected chi connectivity index (χ4v) is 7.97. The Morgan fingerprint density at radius 2 is 1.76 bits per heavy atom. The molecule has 11 nitrogen and oxygen atoms in total. The third-order valence-electron chi connectivity index (χ3n) is 10.0. The van der Waals surface area contributed by atoms with Crippen LogP contribution in [0.2, 0.25) is 0 Å². The summed E-state index contributed by atoms with van der Waals surface area (Å²) >= 11 is 0. The molecule has 1 aromatic heterocycles. The number of carbonyl (C=O) groups is 3. The maximum atomic E-state index is 14.8. The van der Waals surface area contributed by atoms with E-state index in [9.17, 15) is 19.5 Å². The lowest BCUT2D eigenvalue weighted by molar-refractivity contribution is -0.156. The highest BCUT2D eigenvalue weighted by Crippen LogP contribution is 2.64. The maximum absolute atomic E-state index is 14.8. The minimum Gasteiger partial charge on any atom is -0.396 e. The summed E-state index contributed by atoms with van der Waals surface area (Å²) in [5.74, 6) is -2.34. The van der Waals surface area contributed by atoms with Crippen LogP contribution >= 0.6 is 0 Å². The van der Waals surface area contributed by atoms with Crippen LogP contribution in [0.15, 0.2) is 79.9 Å². The van der Waals surface area contributed by atoms with Gasteiger partial charge < -0.3 is 24.5 Å². The smallest absolute Gasteiger partial charge is 0.250 e. The van der Waals surface area contributed by atoms with Crippen molar-refractivity contribution in [1.29, 1.82) is 0 Å². The fraction of sp³-hybridized carbons (Fsp3) is 0.457. The molecule has 0 radical (unpaired) electrons. The number of ether oxygens (including phenoxy) is 1. The molecule has 3 saturated heterocycles. The van der Waals surface area contributed by atoms with Gasteiger partial charge in [-0.3, -0.25) is 14.4 Å². The molecular weight excluding hydrogens is 584 g/mol. The molecule has 2 aromatic carbocycles. The molecule has 3 fully saturated rings. The number of hydrogen-bond donors (Lipinski definition) is 1. The number of para-hydroxylation sites is 1. The zero-order valence-electron chi connectivity index (χ0n) is 26.3. The van der Waals surface area contributed by atoms with E-state index >= 15 is 0 Å². The second-order valence-electron chi connectivity index (χ2n) is 12.5. The van der Waals surface area contributed by atoms with Crippen molar-refractivity contribution in [3.63, 3.8) is 0 Å². The van der Waals surface area contributed by atoms with E-state index in [2.05, 4.69) is 23.5 Å². The maximum Gasteiger partial charge on any atom is 0.250 e. The molecule has 46 heavy (non-hydrogen) atoms. The lowest BCUT2D eigenvalue weighted by Crippen LogP contribution is -2.56. The first-order valence-corrected chi connectivity index (χ1v) is 16.1. The Hall–Kier alpha value is -4.35. The van der Waals surface area contributed by atoms with Gasteiger partial charge in [0.1, 0.15) is 23.8 Å². The number of hydrogen-bond acceptors (Lipinski definition) is 7. The zero-order chi connectivity index (χ0) is 32.5. The van der Waals surface area contributed by atoms with E-state index in [1.54, 1.807) is 31.5 Å². The Morgan fingerprint density at radius 1 is 1.04 bits per heavy atom. The van der Waals surface area contributed by atoms with Gasteiger partial charge in [-0.25, -0.2) is 4.68 Å². The fourth-order valence-electron chi connectivity index (χ4n) is 7.97. The molecule has 3 amide bonds. The summed E-state index contributed by atoms with van der Waals surface area (Å²) in [6.45, 7) is 10.8. The Kier molecular flexibility index (Phi) is 8.80. The highest BCUT2D eigenvalue weighted by Gasteiger charge is 2.79. The molecule has 3 aromatic rings. The van der Waals surface area contributed by atoms with Gasteiger partial charge in [-0.2, -0.15) is 0 Å². The number of carbonyl (C=O) groups excluding carboxylic acids is 3. The summed E-state index contributed by atoms with van der Waals surface area (Å²) in [5.41, 5.74) is 0.389. The molecular formula is C35H42N6O5. The van der Waals surface area contributed by atoms with Crippen LogP contribution in [0, 0.1) is 11.8 Å². The molecule has 2 unspecified atom stereocenters. The van der Waals surface area contributed by atoms with E-state index in [0.717, 1.165) is 11.1 Å². The normalized spacial score (nSPS) is 26.3. The first kappa shape index (κ1) is 31.6. The Bertz CT molecular complexity index is 1630. The van der Waals surface area contributed by atoms with Crippen LogP contribution in [0.1, 0.15) is 38.2 Å². The third-order valence-corrected chi connectivity index (χ3v) is 10.0. The topological polar surface area (TPSA) is 121 Å². The van der Waals surface area contributed by atoms with Gasteiger partial charge in [-0.05, 0) is 43.4 Å². The summed E-state index contributed by atoms with van der Waals surface area (Å²) in [5, 5.41) is 18.3. The minimum atomic E-state index is -1.18. The van der Waals surface area contributed by atoms with Crippen LogP contribution in [-0.2, 0) is 32.3 Å². The van der Waals surface area contributed by atoms with Crippen molar-refractivity contribution in [3.05, 3.63) is 85.5 Å². The number of benzene rings is 2. The number of fused-ring (bicyclic) bond motifs is 2. The number of aliphatic hydroxyl groups excluding tert-OH is 1. The molecule has 5 atom stereocenters. The Balaban J connectivity index is 1.38. The van der Waals surface area contributed by atoms with Gasteiger partial charge in [0.15, 0.2) is 0 Å². The minimum absolute atomic E-state index is 0.0934. The molecule has 11 heteroatoms. The molecule has 0 saturated carbocycles. The van der Waals surface area contributed by atoms with Gasteiger partial charge in [0.05, 0.1) is 23.0 Å². The Morgan fingerprint density at radius 3 is 2.48 bits per heavy atom. The van der Waals surface area contributed by atoms with E-state index in [1.165, 1.54) is 0 Å². The predicted molar refractivity (Wildman–Crippen MR) is 172 cm³/mol. The van der Waals surface area contributed by atoms with Crippen LogP contribution in [0.3, 0.4) is 0 Å². The monoisotopic (exact) mass is 626 g/mol. The molecule has 1 N–H and O–H groups in total. The molecule has 0 aliphatic carbocycles. The summed E-state index contributed by atoms with van der Waals surface area (Å²) in [7, 11) is 0. The summed E-state index contributed by atoms with van der Waals surface area (Å²) in [4.78, 5) is 48.8. The molecule has 2 bridgehead atoms. The highest BCUT2D eigenvalue weighted by atomic mass is 16.5. The highest BCUT2D eigenvalue weighted by molar-refractivity contribution is 5.99. The lowest BCUT2D eigenvalue weighted by atomic mass is 9.64. The molecule has 242 valence electrons. The number of aromatic nitrogens is 3. The number of amides is 3. The largest absolute Gasteiger partial charge is 0.396 e. The number of aliphatic hydroxyl groups is 1. The summed E-state index contributed by atoms with van der Waals surface area (Å²) in [6, 6.07) is 16.3. The van der Waals surface area contributed by atoms with Crippen LogP contribution in [-0.4, -0.2) is 96.0 Å². The third kappa shape index (κ3) is 5.11. The second kappa shape index (κ2) is 12.8. The average molecular weight is 627 g/mol. The number of nitrogens with zero attached hydrogens (tertiary/aromatic N) is 6. The molecule has 3 aliphatic rings. The van der Waals surface area contributed by atoms with Crippen LogP contribution in [0.25, 0.3) is 11.0 Å². The molecule has 6 rings (SSSR count). The quantitative estimate of drug-likeness (QED) is 0.273. The van der Waals surface area contributed by atoms with Crippen molar-refractivity contribution < 1.29 is 24.2 Å². The van der Waals surface area contributed by atoms with Crippen molar-refractivity contribution in [3.8, 4) is 0 Å².